The van der Waals surface area contributed by atoms with Gasteiger partial charge in [-0.3, -0.25) is 0 Å². The van der Waals surface area contributed by atoms with Crippen LogP contribution in [0.3, 0.4) is 0 Å². The van der Waals surface area contributed by atoms with Gasteiger partial charge >= 0.3 is 28.7 Å². The van der Waals surface area contributed by atoms with Gasteiger partial charge in [0.15, 0.2) is 0 Å². The van der Waals surface area contributed by atoms with E-state index in [1.54, 1.807) is 0 Å². The quantitative estimate of drug-likeness (QED) is 0.617. The molecule has 0 saturated carbocycles. The molecule has 0 aromatic carbocycles. The zero-order valence-corrected chi connectivity index (χ0v) is 9.13. The third kappa shape index (κ3) is 5.72. The van der Waals surface area contributed by atoms with Crippen molar-refractivity contribution in [3.8, 4) is 0 Å². The number of hydrogen-bond acceptors (Lipinski definition) is 0. The Morgan fingerprint density at radius 3 is 2.64 bits per heavy atom. The first kappa shape index (κ1) is 11.5. The molecular formula is C9H13ClTi. The monoisotopic (exact) mass is 204 g/mol. The zero-order valence-electron chi connectivity index (χ0n) is 6.81. The number of unbranched alkanes of at least 4 members (excludes halogenated alkanes) is 1. The summed E-state index contributed by atoms with van der Waals surface area (Å²) in [6, 6.07) is 0. The normalized spacial score (nSPS) is 13.7. The molecule has 0 amide bonds. The molecule has 1 aliphatic carbocycles. The molecule has 0 nitrogen and oxygen atoms in total. The van der Waals surface area contributed by atoms with Gasteiger partial charge in [0.1, 0.15) is 0 Å². The average molecular weight is 205 g/mol. The van der Waals surface area contributed by atoms with Crippen molar-refractivity contribution in [2.45, 2.75) is 26.2 Å². The Morgan fingerprint density at radius 1 is 1.45 bits per heavy atom. The SMILES string of the molecule is CCCCC1=C[CH]C=C1.[Cl][Ti]. The Bertz CT molecular complexity index is 138. The van der Waals surface area contributed by atoms with E-state index in [1.165, 1.54) is 44.2 Å². The third-order valence-corrected chi connectivity index (χ3v) is 1.55. The van der Waals surface area contributed by atoms with Gasteiger partial charge in [-0.05, 0) is 12.8 Å². The van der Waals surface area contributed by atoms with Crippen molar-refractivity contribution >= 4 is 9.30 Å². The van der Waals surface area contributed by atoms with Crippen LogP contribution in [-0.4, -0.2) is 0 Å². The molecule has 2 heteroatoms. The second-order valence-corrected chi connectivity index (χ2v) is 2.40. The van der Waals surface area contributed by atoms with Gasteiger partial charge in [-0.15, -0.1) is 0 Å². The van der Waals surface area contributed by atoms with Crippen molar-refractivity contribution in [3.63, 3.8) is 0 Å². The van der Waals surface area contributed by atoms with Crippen LogP contribution in [0.25, 0.3) is 0 Å². The fourth-order valence-corrected chi connectivity index (χ4v) is 0.961. The number of hydrogen-bond donors (Lipinski definition) is 0. The van der Waals surface area contributed by atoms with E-state index in [2.05, 4.69) is 40.9 Å². The van der Waals surface area contributed by atoms with Gasteiger partial charge in [0.2, 0.25) is 0 Å². The minimum absolute atomic E-state index is 1.25. The summed E-state index contributed by atoms with van der Waals surface area (Å²) < 4.78 is 0. The van der Waals surface area contributed by atoms with E-state index < -0.39 is 0 Å². The van der Waals surface area contributed by atoms with Crippen LogP contribution in [-0.2, 0) is 19.4 Å². The van der Waals surface area contributed by atoms with E-state index >= 15 is 0 Å². The first-order valence-corrected chi connectivity index (χ1v) is 5.98. The molecule has 0 saturated heterocycles. The Labute approximate surface area is 85.0 Å². The van der Waals surface area contributed by atoms with Crippen molar-refractivity contribution in [1.82, 2.24) is 0 Å². The van der Waals surface area contributed by atoms with E-state index in [1.807, 2.05) is 0 Å². The van der Waals surface area contributed by atoms with E-state index in [0.717, 1.165) is 0 Å². The van der Waals surface area contributed by atoms with Crippen LogP contribution in [0.2, 0.25) is 0 Å². The fourth-order valence-electron chi connectivity index (χ4n) is 0.961. The summed E-state index contributed by atoms with van der Waals surface area (Å²) in [5.41, 5.74) is 1.48. The topological polar surface area (TPSA) is 0 Å². The van der Waals surface area contributed by atoms with Gasteiger partial charge in [-0.2, -0.15) is 0 Å². The molecule has 0 atom stereocenters. The second-order valence-electron chi connectivity index (χ2n) is 2.40. The first-order valence-electron chi connectivity index (χ1n) is 3.83. The zero-order chi connectivity index (χ0) is 8.53. The van der Waals surface area contributed by atoms with Crippen molar-refractivity contribution < 1.29 is 19.4 Å². The van der Waals surface area contributed by atoms with E-state index in [0.29, 0.717) is 0 Å². The number of rotatable bonds is 3. The molecule has 0 aliphatic heterocycles. The van der Waals surface area contributed by atoms with Crippen LogP contribution in [0.1, 0.15) is 26.2 Å². The molecule has 0 fully saturated rings. The maximum absolute atomic E-state index is 4.64. The Morgan fingerprint density at radius 2 is 2.18 bits per heavy atom. The van der Waals surface area contributed by atoms with Crippen molar-refractivity contribution in [2.75, 3.05) is 0 Å². The Balaban J connectivity index is 0.000000461. The van der Waals surface area contributed by atoms with Crippen molar-refractivity contribution in [1.29, 1.82) is 0 Å². The molecule has 0 bridgehead atoms. The first-order chi connectivity index (χ1) is 5.43. The summed E-state index contributed by atoms with van der Waals surface area (Å²) >= 11 is 1.47. The summed E-state index contributed by atoms with van der Waals surface area (Å²) in [5, 5.41) is 0. The molecule has 11 heavy (non-hydrogen) atoms. The molecule has 0 aromatic rings. The fraction of sp³-hybridized carbons (Fsp3) is 0.444. The van der Waals surface area contributed by atoms with Crippen molar-refractivity contribution in [2.24, 2.45) is 0 Å². The van der Waals surface area contributed by atoms with Crippen LogP contribution in [0, 0.1) is 6.42 Å². The molecule has 0 heterocycles. The van der Waals surface area contributed by atoms with E-state index in [4.69, 9.17) is 0 Å². The van der Waals surface area contributed by atoms with Crippen molar-refractivity contribution in [3.05, 3.63) is 30.2 Å². The molecular weight excluding hydrogens is 191 g/mol. The van der Waals surface area contributed by atoms with Gasteiger partial charge in [-0.1, -0.05) is 37.1 Å². The predicted molar refractivity (Wildman–Crippen MR) is 46.9 cm³/mol. The Hall–Kier alpha value is 0.484. The van der Waals surface area contributed by atoms with E-state index in [-0.39, 0.29) is 0 Å². The van der Waals surface area contributed by atoms with Crippen LogP contribution >= 0.6 is 9.30 Å². The van der Waals surface area contributed by atoms with E-state index in [9.17, 15) is 0 Å². The van der Waals surface area contributed by atoms with Gasteiger partial charge in [0.05, 0.1) is 0 Å². The number of halogens is 1. The molecule has 0 N–H and O–H groups in total. The third-order valence-electron chi connectivity index (χ3n) is 1.55. The molecule has 0 unspecified atom stereocenters. The van der Waals surface area contributed by atoms with Gasteiger partial charge in [0.25, 0.3) is 0 Å². The van der Waals surface area contributed by atoms with Gasteiger partial charge in [-0.25, -0.2) is 0 Å². The van der Waals surface area contributed by atoms with Gasteiger partial charge in [0, 0.05) is 6.42 Å². The minimum atomic E-state index is 1.25. The molecule has 1 rings (SSSR count). The summed E-state index contributed by atoms with van der Waals surface area (Å²) in [5.74, 6) is 0. The van der Waals surface area contributed by atoms with Crippen LogP contribution in [0.5, 0.6) is 0 Å². The summed E-state index contributed by atoms with van der Waals surface area (Å²) in [6.07, 6.45) is 12.5. The summed E-state index contributed by atoms with van der Waals surface area (Å²) in [4.78, 5) is 0. The molecule has 60 valence electrons. The maximum atomic E-state index is 4.64. The van der Waals surface area contributed by atoms with Gasteiger partial charge < -0.3 is 0 Å². The summed E-state index contributed by atoms with van der Waals surface area (Å²) in [7, 11) is 4.64. The molecule has 1 radical (unpaired) electrons. The summed E-state index contributed by atoms with van der Waals surface area (Å²) in [6.45, 7) is 2.23. The molecule has 0 aromatic heterocycles. The van der Waals surface area contributed by atoms with Crippen LogP contribution in [0.4, 0.5) is 0 Å². The standard InChI is InChI=1S/C9H13.ClH.Ti/c1-2-3-6-9-7-4-5-8-9;;/h4-5,7-8H,2-3,6H2,1H3;1H;/q;;+1/p-1. The van der Waals surface area contributed by atoms with Crippen LogP contribution < -0.4 is 0 Å². The number of allylic oxidation sites excluding steroid dienone is 4. The Kier molecular flexibility index (Phi) is 8.96. The second kappa shape index (κ2) is 8.58. The predicted octanol–water partition coefficient (Wildman–Crippen LogP) is 3.56. The molecule has 0 spiro atoms. The average Bonchev–Trinajstić information content (AvgIpc) is 2.57. The molecule has 1 aliphatic rings. The van der Waals surface area contributed by atoms with Crippen LogP contribution in [0.15, 0.2) is 23.8 Å².